The molecule has 1 unspecified atom stereocenters. The minimum absolute atomic E-state index is 0.0822. The van der Waals surface area contributed by atoms with Gasteiger partial charge in [-0.05, 0) is 32.1 Å². The molecule has 0 bridgehead atoms. The highest BCUT2D eigenvalue weighted by Crippen LogP contribution is 2.23. The molecule has 0 aromatic carbocycles. The fourth-order valence-electron chi connectivity index (χ4n) is 2.74. The number of aromatic amines is 1. The van der Waals surface area contributed by atoms with Crippen molar-refractivity contribution >= 4 is 0 Å². The predicted molar refractivity (Wildman–Crippen MR) is 64.3 cm³/mol. The molecular weight excluding hydrogens is 216 g/mol. The Kier molecular flexibility index (Phi) is 2.97. The molecule has 1 aromatic rings. The number of hydrogen-bond acceptors (Lipinski definition) is 3. The zero-order chi connectivity index (χ0) is 11.7. The van der Waals surface area contributed by atoms with E-state index in [9.17, 15) is 4.79 Å². The van der Waals surface area contributed by atoms with Crippen molar-refractivity contribution in [3.63, 3.8) is 0 Å². The van der Waals surface area contributed by atoms with Gasteiger partial charge >= 0.3 is 0 Å². The Morgan fingerprint density at radius 3 is 2.94 bits per heavy atom. The molecule has 1 aliphatic heterocycles. The van der Waals surface area contributed by atoms with Gasteiger partial charge in [0.25, 0.3) is 5.56 Å². The first-order valence-corrected chi connectivity index (χ1v) is 6.54. The van der Waals surface area contributed by atoms with Gasteiger partial charge in [0.1, 0.15) is 5.82 Å². The second-order valence-corrected chi connectivity index (χ2v) is 5.00. The van der Waals surface area contributed by atoms with Crippen LogP contribution in [0.15, 0.2) is 4.79 Å². The summed E-state index contributed by atoms with van der Waals surface area (Å²) in [5, 5.41) is 0. The van der Waals surface area contributed by atoms with Gasteiger partial charge in [-0.3, -0.25) is 4.79 Å². The lowest BCUT2D eigenvalue weighted by molar-refractivity contribution is 0.193. The zero-order valence-corrected chi connectivity index (χ0v) is 10.00. The van der Waals surface area contributed by atoms with E-state index in [1.807, 2.05) is 0 Å². The average molecular weight is 234 g/mol. The van der Waals surface area contributed by atoms with E-state index in [1.165, 1.54) is 6.42 Å². The topological polar surface area (TPSA) is 55.0 Å². The fourth-order valence-corrected chi connectivity index (χ4v) is 2.74. The summed E-state index contributed by atoms with van der Waals surface area (Å²) in [7, 11) is 0. The first-order chi connectivity index (χ1) is 8.34. The Labute approximate surface area is 100 Å². The monoisotopic (exact) mass is 234 g/mol. The van der Waals surface area contributed by atoms with Gasteiger partial charge in [-0.15, -0.1) is 0 Å². The quantitative estimate of drug-likeness (QED) is 0.750. The normalized spacial score (nSPS) is 24.4. The van der Waals surface area contributed by atoms with Gasteiger partial charge in [-0.2, -0.15) is 0 Å². The minimum Gasteiger partial charge on any atom is -0.381 e. The number of hydrogen-bond donors (Lipinski definition) is 1. The van der Waals surface area contributed by atoms with Gasteiger partial charge in [-0.1, -0.05) is 6.42 Å². The molecule has 0 spiro atoms. The van der Waals surface area contributed by atoms with E-state index >= 15 is 0 Å². The van der Waals surface area contributed by atoms with Crippen LogP contribution in [0, 0.1) is 0 Å². The Hall–Kier alpha value is -1.16. The first kappa shape index (κ1) is 11.0. The number of H-pyrrole nitrogens is 1. The highest BCUT2D eigenvalue weighted by molar-refractivity contribution is 5.20. The summed E-state index contributed by atoms with van der Waals surface area (Å²) >= 11 is 0. The van der Waals surface area contributed by atoms with Crippen LogP contribution in [0.25, 0.3) is 0 Å². The van der Waals surface area contributed by atoms with Crippen LogP contribution < -0.4 is 5.56 Å². The van der Waals surface area contributed by atoms with Crippen molar-refractivity contribution < 1.29 is 4.74 Å². The number of aryl methyl sites for hydroxylation is 1. The van der Waals surface area contributed by atoms with Crippen LogP contribution in [0.2, 0.25) is 0 Å². The Morgan fingerprint density at radius 2 is 2.12 bits per heavy atom. The third-order valence-electron chi connectivity index (χ3n) is 3.78. The van der Waals surface area contributed by atoms with Crippen molar-refractivity contribution in [1.82, 2.24) is 9.97 Å². The number of rotatable bonds is 1. The van der Waals surface area contributed by atoms with Gasteiger partial charge in [0.2, 0.25) is 0 Å². The second kappa shape index (κ2) is 4.61. The van der Waals surface area contributed by atoms with Crippen LogP contribution >= 0.6 is 0 Å². The maximum Gasteiger partial charge on any atom is 0.254 e. The second-order valence-electron chi connectivity index (χ2n) is 5.00. The van der Waals surface area contributed by atoms with Crippen molar-refractivity contribution in [2.75, 3.05) is 13.2 Å². The maximum atomic E-state index is 12.1. The van der Waals surface area contributed by atoms with Crippen LogP contribution in [0.3, 0.4) is 0 Å². The minimum atomic E-state index is 0.0822. The lowest BCUT2D eigenvalue weighted by atomic mass is 10.1. The standard InChI is InChI=1S/C13H18N2O2/c16-13-10-4-2-1-3-5-11(10)14-12(15-13)9-6-7-17-8-9/h9H,1-8H2,(H,14,15,16). The molecule has 4 nitrogen and oxygen atoms in total. The molecule has 4 heteroatoms. The molecule has 92 valence electrons. The summed E-state index contributed by atoms with van der Waals surface area (Å²) in [4.78, 5) is 19.7. The summed E-state index contributed by atoms with van der Waals surface area (Å²) in [5.41, 5.74) is 2.04. The van der Waals surface area contributed by atoms with Crippen LogP contribution in [0.5, 0.6) is 0 Å². The largest absolute Gasteiger partial charge is 0.381 e. The van der Waals surface area contributed by atoms with Gasteiger partial charge in [-0.25, -0.2) is 4.98 Å². The summed E-state index contributed by atoms with van der Waals surface area (Å²) < 4.78 is 5.36. The molecule has 0 saturated carbocycles. The van der Waals surface area contributed by atoms with Crippen molar-refractivity contribution in [3.8, 4) is 0 Å². The van der Waals surface area contributed by atoms with Gasteiger partial charge in [0.15, 0.2) is 0 Å². The molecular formula is C13H18N2O2. The molecule has 1 aliphatic carbocycles. The Bertz CT molecular complexity index is 461. The molecule has 1 aromatic heterocycles. The Morgan fingerprint density at radius 1 is 1.24 bits per heavy atom. The van der Waals surface area contributed by atoms with Gasteiger partial charge in [0.05, 0.1) is 12.3 Å². The van der Waals surface area contributed by atoms with Crippen LogP contribution in [-0.4, -0.2) is 23.2 Å². The zero-order valence-electron chi connectivity index (χ0n) is 10.00. The third-order valence-corrected chi connectivity index (χ3v) is 3.78. The lowest BCUT2D eigenvalue weighted by Crippen LogP contribution is -2.21. The summed E-state index contributed by atoms with van der Waals surface area (Å²) in [5.74, 6) is 1.13. The van der Waals surface area contributed by atoms with Crippen LogP contribution in [-0.2, 0) is 17.6 Å². The van der Waals surface area contributed by atoms with E-state index in [0.29, 0.717) is 6.61 Å². The maximum absolute atomic E-state index is 12.1. The smallest absolute Gasteiger partial charge is 0.254 e. The molecule has 0 amide bonds. The average Bonchev–Trinajstić information content (AvgIpc) is 2.75. The molecule has 1 atom stereocenters. The third kappa shape index (κ3) is 2.14. The number of nitrogens with one attached hydrogen (secondary N) is 1. The summed E-state index contributed by atoms with van der Waals surface area (Å²) in [6, 6.07) is 0. The van der Waals surface area contributed by atoms with Gasteiger partial charge < -0.3 is 9.72 Å². The van der Waals surface area contributed by atoms with Crippen molar-refractivity contribution in [2.24, 2.45) is 0 Å². The number of ether oxygens (including phenoxy) is 1. The first-order valence-electron chi connectivity index (χ1n) is 6.54. The van der Waals surface area contributed by atoms with Crippen molar-refractivity contribution in [2.45, 2.75) is 44.4 Å². The summed E-state index contributed by atoms with van der Waals surface area (Å²) in [6.07, 6.45) is 6.30. The Balaban J connectivity index is 1.99. The highest BCUT2D eigenvalue weighted by Gasteiger charge is 2.22. The van der Waals surface area contributed by atoms with E-state index in [4.69, 9.17) is 4.74 Å². The number of nitrogens with zero attached hydrogens (tertiary/aromatic N) is 1. The molecule has 2 heterocycles. The molecule has 1 fully saturated rings. The SMILES string of the molecule is O=c1[nH]c(C2CCOC2)nc2c1CCCCC2. The van der Waals surface area contributed by atoms with E-state index in [-0.39, 0.29) is 11.5 Å². The van der Waals surface area contributed by atoms with E-state index in [2.05, 4.69) is 9.97 Å². The van der Waals surface area contributed by atoms with E-state index in [0.717, 1.165) is 55.8 Å². The van der Waals surface area contributed by atoms with Gasteiger partial charge in [0, 0.05) is 18.1 Å². The molecule has 1 saturated heterocycles. The molecule has 17 heavy (non-hydrogen) atoms. The lowest BCUT2D eigenvalue weighted by Gasteiger charge is -2.10. The molecule has 1 N–H and O–H groups in total. The number of fused-ring (bicyclic) bond motifs is 1. The van der Waals surface area contributed by atoms with Crippen molar-refractivity contribution in [3.05, 3.63) is 27.4 Å². The van der Waals surface area contributed by atoms with E-state index in [1.54, 1.807) is 0 Å². The summed E-state index contributed by atoms with van der Waals surface area (Å²) in [6.45, 7) is 1.48. The fraction of sp³-hybridized carbons (Fsp3) is 0.692. The predicted octanol–water partition coefficient (Wildman–Crippen LogP) is 1.54. The van der Waals surface area contributed by atoms with E-state index < -0.39 is 0 Å². The highest BCUT2D eigenvalue weighted by atomic mass is 16.5. The molecule has 2 aliphatic rings. The van der Waals surface area contributed by atoms with Crippen LogP contribution in [0.4, 0.5) is 0 Å². The molecule has 3 rings (SSSR count). The van der Waals surface area contributed by atoms with Crippen molar-refractivity contribution in [1.29, 1.82) is 0 Å². The molecule has 0 radical (unpaired) electrons. The number of aromatic nitrogens is 2. The van der Waals surface area contributed by atoms with Crippen LogP contribution in [0.1, 0.15) is 48.7 Å².